The lowest BCUT2D eigenvalue weighted by molar-refractivity contribution is -0.119. The van der Waals surface area contributed by atoms with Crippen molar-refractivity contribution in [3.8, 4) is 5.75 Å². The first-order valence-electron chi connectivity index (χ1n) is 8.57. The summed E-state index contributed by atoms with van der Waals surface area (Å²) in [7, 11) is -3.09. The third-order valence-electron chi connectivity index (χ3n) is 4.48. The summed E-state index contributed by atoms with van der Waals surface area (Å²) in [5.41, 5.74) is 0.505. The molecule has 0 bridgehead atoms. The third kappa shape index (κ3) is 5.62. The van der Waals surface area contributed by atoms with Crippen molar-refractivity contribution in [3.63, 3.8) is 0 Å². The van der Waals surface area contributed by atoms with Gasteiger partial charge in [0.1, 0.15) is 11.8 Å². The molecule has 3 amide bonds. The molecule has 0 spiro atoms. The number of phenols is 1. The number of hydrogen-bond donors (Lipinski definition) is 4. The fraction of sp³-hybridized carbons (Fsp3) is 0.529. The minimum absolute atomic E-state index is 0.0636. The van der Waals surface area contributed by atoms with Gasteiger partial charge in [-0.25, -0.2) is 13.2 Å². The van der Waals surface area contributed by atoms with Gasteiger partial charge in [-0.3, -0.25) is 4.79 Å². The van der Waals surface area contributed by atoms with Crippen LogP contribution in [0.15, 0.2) is 24.3 Å². The molecule has 3 unspecified atom stereocenters. The normalized spacial score (nSPS) is 20.8. The zero-order chi connectivity index (χ0) is 19.3. The number of aromatic hydroxyl groups is 1. The highest BCUT2D eigenvalue weighted by Crippen LogP contribution is 2.16. The second-order valence-electron chi connectivity index (χ2n) is 6.62. The molecule has 4 N–H and O–H groups in total. The van der Waals surface area contributed by atoms with Gasteiger partial charge in [-0.2, -0.15) is 0 Å². The number of anilines is 1. The maximum atomic E-state index is 12.6. The summed E-state index contributed by atoms with van der Waals surface area (Å²) in [5, 5.41) is 17.3. The molecule has 1 heterocycles. The quantitative estimate of drug-likeness (QED) is 0.550. The second kappa shape index (κ2) is 8.39. The van der Waals surface area contributed by atoms with E-state index in [4.69, 9.17) is 0 Å². The molecule has 3 atom stereocenters. The maximum absolute atomic E-state index is 12.6. The van der Waals surface area contributed by atoms with Crippen LogP contribution in [0.4, 0.5) is 10.5 Å². The Hall–Kier alpha value is -2.29. The van der Waals surface area contributed by atoms with Gasteiger partial charge in [0, 0.05) is 11.7 Å². The van der Waals surface area contributed by atoms with E-state index in [-0.39, 0.29) is 29.1 Å². The van der Waals surface area contributed by atoms with E-state index < -0.39 is 28.0 Å². The Bertz CT molecular complexity index is 748. The van der Waals surface area contributed by atoms with Gasteiger partial charge in [0.2, 0.25) is 5.91 Å². The van der Waals surface area contributed by atoms with Crippen molar-refractivity contribution >= 4 is 27.5 Å². The number of hydrogen-bond acceptors (Lipinski definition) is 5. The number of urea groups is 1. The molecule has 1 aliphatic heterocycles. The number of sulfone groups is 1. The Morgan fingerprint density at radius 2 is 1.92 bits per heavy atom. The number of benzene rings is 1. The molecule has 26 heavy (non-hydrogen) atoms. The molecular weight excluding hydrogens is 358 g/mol. The van der Waals surface area contributed by atoms with E-state index in [1.165, 1.54) is 12.1 Å². The highest BCUT2D eigenvalue weighted by molar-refractivity contribution is 7.91. The molecule has 1 aliphatic rings. The Morgan fingerprint density at radius 1 is 1.27 bits per heavy atom. The summed E-state index contributed by atoms with van der Waals surface area (Å²) in [4.78, 5) is 24.8. The lowest BCUT2D eigenvalue weighted by atomic mass is 9.98. The van der Waals surface area contributed by atoms with Gasteiger partial charge in [-0.15, -0.1) is 0 Å². The smallest absolute Gasteiger partial charge is 0.315 e. The van der Waals surface area contributed by atoms with E-state index in [0.717, 1.165) is 0 Å². The van der Waals surface area contributed by atoms with Crippen LogP contribution in [0.5, 0.6) is 5.75 Å². The summed E-state index contributed by atoms with van der Waals surface area (Å²) >= 11 is 0. The average Bonchev–Trinajstić information content (AvgIpc) is 2.92. The van der Waals surface area contributed by atoms with Gasteiger partial charge >= 0.3 is 6.03 Å². The zero-order valence-electron chi connectivity index (χ0n) is 14.9. The molecule has 0 saturated carbocycles. The minimum Gasteiger partial charge on any atom is -0.508 e. The van der Waals surface area contributed by atoms with Crippen molar-refractivity contribution < 1.29 is 23.1 Å². The first-order valence-corrected chi connectivity index (χ1v) is 10.4. The molecule has 1 fully saturated rings. The largest absolute Gasteiger partial charge is 0.508 e. The molecule has 0 aliphatic carbocycles. The van der Waals surface area contributed by atoms with Crippen molar-refractivity contribution in [2.45, 2.75) is 38.8 Å². The Labute approximate surface area is 153 Å². The van der Waals surface area contributed by atoms with Gasteiger partial charge in [0.15, 0.2) is 9.84 Å². The fourth-order valence-corrected chi connectivity index (χ4v) is 4.42. The lowest BCUT2D eigenvalue weighted by Crippen LogP contribution is -2.53. The Kier molecular flexibility index (Phi) is 6.47. The average molecular weight is 383 g/mol. The summed E-state index contributed by atoms with van der Waals surface area (Å²) < 4.78 is 23.0. The van der Waals surface area contributed by atoms with Crippen LogP contribution in [0.3, 0.4) is 0 Å². The van der Waals surface area contributed by atoms with Gasteiger partial charge < -0.3 is 21.1 Å². The molecule has 9 heteroatoms. The molecule has 8 nitrogen and oxygen atoms in total. The fourth-order valence-electron chi connectivity index (χ4n) is 2.74. The van der Waals surface area contributed by atoms with Crippen LogP contribution in [0.2, 0.25) is 0 Å². The Morgan fingerprint density at radius 3 is 2.46 bits per heavy atom. The number of amides is 3. The third-order valence-corrected chi connectivity index (χ3v) is 6.25. The summed E-state index contributed by atoms with van der Waals surface area (Å²) in [6.45, 7) is 3.76. The van der Waals surface area contributed by atoms with Crippen molar-refractivity contribution in [1.29, 1.82) is 0 Å². The number of carbonyl (C=O) groups is 2. The van der Waals surface area contributed by atoms with Crippen LogP contribution >= 0.6 is 0 Å². The number of nitrogens with one attached hydrogen (secondary N) is 3. The van der Waals surface area contributed by atoms with Gasteiger partial charge in [0.05, 0.1) is 11.5 Å². The van der Waals surface area contributed by atoms with E-state index in [9.17, 15) is 23.1 Å². The van der Waals surface area contributed by atoms with Crippen molar-refractivity contribution in [3.05, 3.63) is 24.3 Å². The first kappa shape index (κ1) is 20.0. The van der Waals surface area contributed by atoms with Gasteiger partial charge in [-0.1, -0.05) is 20.3 Å². The molecule has 1 aromatic rings. The SMILES string of the molecule is CCC(C)C(NC(=O)NC1CCS(=O)(=O)C1)C(=O)Nc1ccc(O)cc1. The van der Waals surface area contributed by atoms with Crippen LogP contribution in [0.1, 0.15) is 26.7 Å². The molecule has 0 aromatic heterocycles. The topological polar surface area (TPSA) is 125 Å². The summed E-state index contributed by atoms with van der Waals surface area (Å²) in [6, 6.07) is 4.26. The number of phenolic OH excluding ortho intramolecular Hbond substituents is 1. The lowest BCUT2D eigenvalue weighted by Gasteiger charge is -2.24. The number of rotatable bonds is 6. The van der Waals surface area contributed by atoms with Gasteiger partial charge in [0.25, 0.3) is 0 Å². The van der Waals surface area contributed by atoms with Crippen molar-refractivity contribution in [2.75, 3.05) is 16.8 Å². The maximum Gasteiger partial charge on any atom is 0.315 e. The predicted molar refractivity (Wildman–Crippen MR) is 98.7 cm³/mol. The van der Waals surface area contributed by atoms with Crippen molar-refractivity contribution in [1.82, 2.24) is 10.6 Å². The number of carbonyl (C=O) groups excluding carboxylic acids is 2. The van der Waals surface area contributed by atoms with E-state index in [0.29, 0.717) is 18.5 Å². The van der Waals surface area contributed by atoms with Crippen LogP contribution in [-0.4, -0.2) is 49.1 Å². The molecule has 1 aromatic carbocycles. The van der Waals surface area contributed by atoms with Crippen LogP contribution < -0.4 is 16.0 Å². The molecule has 1 saturated heterocycles. The molecule has 0 radical (unpaired) electrons. The molecule has 2 rings (SSSR count). The van der Waals surface area contributed by atoms with Crippen molar-refractivity contribution in [2.24, 2.45) is 5.92 Å². The molecule has 144 valence electrons. The monoisotopic (exact) mass is 383 g/mol. The summed E-state index contributed by atoms with van der Waals surface area (Å²) in [5.74, 6) is -0.419. The van der Waals surface area contributed by atoms with E-state index >= 15 is 0 Å². The highest BCUT2D eigenvalue weighted by Gasteiger charge is 2.31. The predicted octanol–water partition coefficient (Wildman–Crippen LogP) is 1.23. The van der Waals surface area contributed by atoms with E-state index in [1.807, 2.05) is 13.8 Å². The first-order chi connectivity index (χ1) is 12.2. The highest BCUT2D eigenvalue weighted by atomic mass is 32.2. The minimum atomic E-state index is -3.09. The van der Waals surface area contributed by atoms with Crippen LogP contribution in [0, 0.1) is 5.92 Å². The summed E-state index contributed by atoms with van der Waals surface area (Å²) in [6.07, 6.45) is 1.05. The van der Waals surface area contributed by atoms with Crippen LogP contribution in [-0.2, 0) is 14.6 Å². The second-order valence-corrected chi connectivity index (χ2v) is 8.85. The van der Waals surface area contributed by atoms with Gasteiger partial charge in [-0.05, 0) is 36.6 Å². The van der Waals surface area contributed by atoms with Crippen LogP contribution in [0.25, 0.3) is 0 Å². The Balaban J connectivity index is 1.98. The zero-order valence-corrected chi connectivity index (χ0v) is 15.7. The van der Waals surface area contributed by atoms with E-state index in [2.05, 4.69) is 16.0 Å². The standard InChI is InChI=1S/C17H25N3O5S/c1-3-11(2)15(16(22)18-12-4-6-14(21)7-5-12)20-17(23)19-13-8-9-26(24,25)10-13/h4-7,11,13,15,21H,3,8-10H2,1-2H3,(H,18,22)(H2,19,20,23). The van der Waals surface area contributed by atoms with E-state index in [1.54, 1.807) is 12.1 Å². The molecular formula is C17H25N3O5S.